The molecule has 0 spiro atoms. The fraction of sp³-hybridized carbons (Fsp3) is 0.917. The first-order valence-electron chi connectivity index (χ1n) is 5.69. The minimum atomic E-state index is -1.66. The zero-order valence-corrected chi connectivity index (χ0v) is 9.79. The van der Waals surface area contributed by atoms with E-state index in [1.807, 2.05) is 0 Å². The van der Waals surface area contributed by atoms with Crippen LogP contribution in [0.2, 0.25) is 0 Å². The highest BCUT2D eigenvalue weighted by Gasteiger charge is 2.35. The Balaban J connectivity index is 2.46. The van der Waals surface area contributed by atoms with Crippen LogP contribution in [0.3, 0.4) is 0 Å². The summed E-state index contributed by atoms with van der Waals surface area (Å²) in [6.07, 6.45) is 1.69. The van der Waals surface area contributed by atoms with Crippen LogP contribution >= 0.6 is 0 Å². The van der Waals surface area contributed by atoms with Gasteiger partial charge in [-0.25, -0.2) is 9.18 Å². The van der Waals surface area contributed by atoms with Crippen LogP contribution in [0.15, 0.2) is 0 Å². The van der Waals surface area contributed by atoms with Gasteiger partial charge in [0.15, 0.2) is 6.17 Å². The Bertz CT molecular complexity index is 224. The van der Waals surface area contributed by atoms with Gasteiger partial charge >= 0.3 is 5.97 Å². The Morgan fingerprint density at radius 3 is 2.07 bits per heavy atom. The molecule has 15 heavy (non-hydrogen) atoms. The van der Waals surface area contributed by atoms with E-state index < -0.39 is 12.1 Å². The van der Waals surface area contributed by atoms with Crippen LogP contribution in [0.5, 0.6) is 0 Å². The summed E-state index contributed by atoms with van der Waals surface area (Å²) in [4.78, 5) is 10.5. The van der Waals surface area contributed by atoms with Gasteiger partial charge in [-0.15, -0.1) is 0 Å². The molecule has 0 aromatic rings. The van der Waals surface area contributed by atoms with Gasteiger partial charge in [0, 0.05) is 5.92 Å². The molecule has 1 aliphatic carbocycles. The van der Waals surface area contributed by atoms with Crippen LogP contribution in [0.25, 0.3) is 0 Å². The smallest absolute Gasteiger partial charge is 0.338 e. The van der Waals surface area contributed by atoms with Gasteiger partial charge < -0.3 is 5.11 Å². The second-order valence-corrected chi connectivity index (χ2v) is 5.72. The van der Waals surface area contributed by atoms with Crippen molar-refractivity contribution >= 4 is 5.97 Å². The molecule has 1 fully saturated rings. The number of halogens is 1. The van der Waals surface area contributed by atoms with E-state index in [1.165, 1.54) is 0 Å². The van der Waals surface area contributed by atoms with Crippen molar-refractivity contribution in [2.24, 2.45) is 17.3 Å². The van der Waals surface area contributed by atoms with Crippen molar-refractivity contribution in [2.75, 3.05) is 0 Å². The average Bonchev–Trinajstić information content (AvgIpc) is 2.15. The summed E-state index contributed by atoms with van der Waals surface area (Å²) in [6, 6.07) is 0. The molecular formula is C12H21FO2. The van der Waals surface area contributed by atoms with E-state index >= 15 is 0 Å². The minimum absolute atomic E-state index is 0.263. The summed E-state index contributed by atoms with van der Waals surface area (Å²) in [5.41, 5.74) is 0.264. The topological polar surface area (TPSA) is 37.3 Å². The number of rotatable bonds is 2. The van der Waals surface area contributed by atoms with Gasteiger partial charge in [0.05, 0.1) is 0 Å². The van der Waals surface area contributed by atoms with Crippen molar-refractivity contribution in [3.63, 3.8) is 0 Å². The molecule has 1 rings (SSSR count). The van der Waals surface area contributed by atoms with E-state index in [4.69, 9.17) is 5.11 Å². The molecule has 0 aromatic heterocycles. The number of hydrogen-bond acceptors (Lipinski definition) is 1. The van der Waals surface area contributed by atoms with Crippen LogP contribution in [-0.2, 0) is 4.79 Å². The van der Waals surface area contributed by atoms with Crippen molar-refractivity contribution in [3.8, 4) is 0 Å². The van der Waals surface area contributed by atoms with Gasteiger partial charge in [-0.05, 0) is 37.0 Å². The van der Waals surface area contributed by atoms with Crippen molar-refractivity contribution in [1.29, 1.82) is 0 Å². The highest BCUT2D eigenvalue weighted by atomic mass is 19.1. The maximum absolute atomic E-state index is 13.2. The SMILES string of the molecule is CC(C)(C)C1CCC(C(F)C(=O)O)CC1. The van der Waals surface area contributed by atoms with E-state index in [9.17, 15) is 9.18 Å². The maximum Gasteiger partial charge on any atom is 0.338 e. The Morgan fingerprint density at radius 1 is 1.27 bits per heavy atom. The van der Waals surface area contributed by atoms with E-state index in [1.54, 1.807) is 0 Å². The summed E-state index contributed by atoms with van der Waals surface area (Å²) >= 11 is 0. The summed E-state index contributed by atoms with van der Waals surface area (Å²) in [5, 5.41) is 8.59. The lowest BCUT2D eigenvalue weighted by Crippen LogP contribution is -2.32. The standard InChI is InChI=1S/C12H21FO2/c1-12(2,3)9-6-4-8(5-7-9)10(13)11(14)15/h8-10H,4-7H2,1-3H3,(H,14,15). The van der Waals surface area contributed by atoms with E-state index in [0.717, 1.165) is 25.7 Å². The highest BCUT2D eigenvalue weighted by molar-refractivity contribution is 5.72. The monoisotopic (exact) mass is 216 g/mol. The Morgan fingerprint density at radius 2 is 1.73 bits per heavy atom. The third kappa shape index (κ3) is 3.18. The molecule has 1 unspecified atom stereocenters. The molecule has 2 nitrogen and oxygen atoms in total. The van der Waals surface area contributed by atoms with Gasteiger partial charge in [0.25, 0.3) is 0 Å². The number of carboxylic acids is 1. The summed E-state index contributed by atoms with van der Waals surface area (Å²) in [7, 11) is 0. The quantitative estimate of drug-likeness (QED) is 0.769. The molecule has 0 radical (unpaired) electrons. The molecule has 0 heterocycles. The largest absolute Gasteiger partial charge is 0.479 e. The lowest BCUT2D eigenvalue weighted by molar-refractivity contribution is -0.145. The fourth-order valence-corrected chi connectivity index (χ4v) is 2.48. The molecule has 0 amide bonds. The van der Waals surface area contributed by atoms with E-state index in [-0.39, 0.29) is 11.3 Å². The van der Waals surface area contributed by atoms with Crippen molar-refractivity contribution < 1.29 is 14.3 Å². The van der Waals surface area contributed by atoms with E-state index in [2.05, 4.69) is 20.8 Å². The predicted molar refractivity (Wildman–Crippen MR) is 57.4 cm³/mol. The first-order valence-corrected chi connectivity index (χ1v) is 5.69. The zero-order chi connectivity index (χ0) is 11.6. The third-order valence-corrected chi connectivity index (χ3v) is 3.65. The van der Waals surface area contributed by atoms with Gasteiger partial charge in [-0.2, -0.15) is 0 Å². The van der Waals surface area contributed by atoms with Crippen molar-refractivity contribution in [2.45, 2.75) is 52.6 Å². The number of carbonyl (C=O) groups is 1. The third-order valence-electron chi connectivity index (χ3n) is 3.65. The molecule has 0 saturated heterocycles. The summed E-state index contributed by atoms with van der Waals surface area (Å²) in [5.74, 6) is -0.954. The first-order chi connectivity index (χ1) is 6.82. The number of alkyl halides is 1. The lowest BCUT2D eigenvalue weighted by atomic mass is 9.69. The average molecular weight is 216 g/mol. The predicted octanol–water partition coefficient (Wildman–Crippen LogP) is 3.26. The maximum atomic E-state index is 13.2. The summed E-state index contributed by atoms with van der Waals surface area (Å²) < 4.78 is 13.2. The van der Waals surface area contributed by atoms with E-state index in [0.29, 0.717) is 5.92 Å². The molecular weight excluding hydrogens is 195 g/mol. The zero-order valence-electron chi connectivity index (χ0n) is 9.79. The molecule has 88 valence electrons. The van der Waals surface area contributed by atoms with Crippen LogP contribution < -0.4 is 0 Å². The van der Waals surface area contributed by atoms with Crippen molar-refractivity contribution in [3.05, 3.63) is 0 Å². The summed E-state index contributed by atoms with van der Waals surface area (Å²) in [6.45, 7) is 6.59. The second kappa shape index (κ2) is 4.50. The van der Waals surface area contributed by atoms with Crippen LogP contribution in [0, 0.1) is 17.3 Å². The molecule has 1 atom stereocenters. The number of carboxylic acid groups (broad SMARTS) is 1. The van der Waals surface area contributed by atoms with Crippen molar-refractivity contribution in [1.82, 2.24) is 0 Å². The molecule has 0 aliphatic heterocycles. The van der Waals surface area contributed by atoms with Crippen LogP contribution in [-0.4, -0.2) is 17.2 Å². The molecule has 1 N–H and O–H groups in total. The second-order valence-electron chi connectivity index (χ2n) is 5.72. The lowest BCUT2D eigenvalue weighted by Gasteiger charge is -2.37. The van der Waals surface area contributed by atoms with Gasteiger partial charge in [0.2, 0.25) is 0 Å². The molecule has 1 saturated carbocycles. The minimum Gasteiger partial charge on any atom is -0.479 e. The number of aliphatic carboxylic acids is 1. The molecule has 0 aromatic carbocycles. The Labute approximate surface area is 90.9 Å². The Hall–Kier alpha value is -0.600. The Kier molecular flexibility index (Phi) is 3.74. The van der Waals surface area contributed by atoms with Crippen LogP contribution in [0.1, 0.15) is 46.5 Å². The first kappa shape index (κ1) is 12.5. The number of hydrogen-bond donors (Lipinski definition) is 1. The van der Waals surface area contributed by atoms with Gasteiger partial charge in [-0.1, -0.05) is 20.8 Å². The van der Waals surface area contributed by atoms with Crippen LogP contribution in [0.4, 0.5) is 4.39 Å². The van der Waals surface area contributed by atoms with Gasteiger partial charge in [0.1, 0.15) is 0 Å². The molecule has 3 heteroatoms. The normalized spacial score (nSPS) is 29.9. The highest BCUT2D eigenvalue weighted by Crippen LogP contribution is 2.41. The molecule has 1 aliphatic rings. The molecule has 0 bridgehead atoms. The van der Waals surface area contributed by atoms with Gasteiger partial charge in [-0.3, -0.25) is 0 Å². The fourth-order valence-electron chi connectivity index (χ4n) is 2.48.